The first-order chi connectivity index (χ1) is 6.69. The predicted octanol–water partition coefficient (Wildman–Crippen LogP) is 3.08. The predicted molar refractivity (Wildman–Crippen MR) is 63.0 cm³/mol. The fraction of sp³-hybridized carbons (Fsp3) is 0.111. The third kappa shape index (κ3) is 2.56. The number of halogens is 2. The molecule has 5 heteroatoms. The molecule has 14 heavy (non-hydrogen) atoms. The van der Waals surface area contributed by atoms with Gasteiger partial charge < -0.3 is 5.32 Å². The minimum absolute atomic E-state index is 0.355. The quantitative estimate of drug-likeness (QED) is 0.688. The second-order valence-corrected chi connectivity index (χ2v) is 4.10. The minimum Gasteiger partial charge on any atom is -0.378 e. The fourth-order valence-electron chi connectivity index (χ4n) is 0.908. The zero-order valence-corrected chi connectivity index (χ0v) is 10.4. The second kappa shape index (κ2) is 5.13. The van der Waals surface area contributed by atoms with Crippen LogP contribution in [0.4, 0.5) is 5.69 Å². The maximum Gasteiger partial charge on any atom is 0.166 e. The summed E-state index contributed by atoms with van der Waals surface area (Å²) in [6.07, 6.45) is 1.72. The van der Waals surface area contributed by atoms with Gasteiger partial charge in [0.25, 0.3) is 0 Å². The molecule has 1 aromatic heterocycles. The molecular weight excluding hydrogens is 310 g/mol. The summed E-state index contributed by atoms with van der Waals surface area (Å²) in [7, 11) is 0. The molecule has 0 unspecified atom stereocenters. The molecule has 0 saturated heterocycles. The standard InChI is InChI=1S/C9H7Br2N3/c1-2-3-13-9-6(10)4-8(11)14-7(9)5-12/h2,4,13H,1,3H2. The number of hydrogen-bond acceptors (Lipinski definition) is 3. The van der Waals surface area contributed by atoms with E-state index in [0.717, 1.165) is 4.47 Å². The van der Waals surface area contributed by atoms with Gasteiger partial charge in [0.1, 0.15) is 10.7 Å². The van der Waals surface area contributed by atoms with Crippen LogP contribution in [0.15, 0.2) is 27.8 Å². The largest absolute Gasteiger partial charge is 0.378 e. The normalized spacial score (nSPS) is 9.21. The van der Waals surface area contributed by atoms with Gasteiger partial charge in [-0.3, -0.25) is 0 Å². The van der Waals surface area contributed by atoms with Crippen LogP contribution in [0.5, 0.6) is 0 Å². The highest BCUT2D eigenvalue weighted by Gasteiger charge is 2.08. The molecule has 1 rings (SSSR count). The third-order valence-electron chi connectivity index (χ3n) is 1.47. The molecule has 3 nitrogen and oxygen atoms in total. The summed E-state index contributed by atoms with van der Waals surface area (Å²) in [6, 6.07) is 3.80. The number of nitrogens with zero attached hydrogens (tertiary/aromatic N) is 2. The highest BCUT2D eigenvalue weighted by atomic mass is 79.9. The summed E-state index contributed by atoms with van der Waals surface area (Å²) < 4.78 is 1.43. The van der Waals surface area contributed by atoms with Crippen LogP contribution in [0.25, 0.3) is 0 Å². The van der Waals surface area contributed by atoms with E-state index in [1.54, 1.807) is 12.1 Å². The van der Waals surface area contributed by atoms with Gasteiger partial charge in [-0.05, 0) is 37.9 Å². The van der Waals surface area contributed by atoms with E-state index in [1.165, 1.54) is 0 Å². The maximum atomic E-state index is 8.85. The van der Waals surface area contributed by atoms with Gasteiger partial charge in [-0.2, -0.15) is 5.26 Å². The molecule has 0 spiro atoms. The summed E-state index contributed by atoms with van der Waals surface area (Å²) in [4.78, 5) is 4.03. The Morgan fingerprint density at radius 3 is 2.93 bits per heavy atom. The summed E-state index contributed by atoms with van der Waals surface area (Å²) in [5.74, 6) is 0. The Bertz CT molecular complexity index is 396. The lowest BCUT2D eigenvalue weighted by Gasteiger charge is -2.07. The van der Waals surface area contributed by atoms with Crippen LogP contribution in [-0.2, 0) is 0 Å². The van der Waals surface area contributed by atoms with Crippen LogP contribution in [0.2, 0.25) is 0 Å². The Balaban J connectivity index is 3.13. The van der Waals surface area contributed by atoms with Crippen LogP contribution < -0.4 is 5.32 Å². The van der Waals surface area contributed by atoms with Crippen molar-refractivity contribution in [2.45, 2.75) is 0 Å². The van der Waals surface area contributed by atoms with Gasteiger partial charge in [0.2, 0.25) is 0 Å². The van der Waals surface area contributed by atoms with E-state index in [0.29, 0.717) is 22.5 Å². The zero-order chi connectivity index (χ0) is 10.6. The molecule has 0 aliphatic rings. The van der Waals surface area contributed by atoms with Gasteiger partial charge in [-0.25, -0.2) is 4.98 Å². The topological polar surface area (TPSA) is 48.7 Å². The Hall–Kier alpha value is -0.860. The summed E-state index contributed by atoms with van der Waals surface area (Å²) in [5, 5.41) is 11.9. The molecule has 1 heterocycles. The minimum atomic E-state index is 0.355. The van der Waals surface area contributed by atoms with E-state index >= 15 is 0 Å². The van der Waals surface area contributed by atoms with Crippen molar-refractivity contribution in [3.05, 3.63) is 33.5 Å². The molecule has 0 atom stereocenters. The number of aromatic nitrogens is 1. The Morgan fingerprint density at radius 1 is 1.64 bits per heavy atom. The first kappa shape index (κ1) is 11.2. The first-order valence-electron chi connectivity index (χ1n) is 3.80. The lowest BCUT2D eigenvalue weighted by atomic mass is 10.3. The Kier molecular flexibility index (Phi) is 4.11. The van der Waals surface area contributed by atoms with Crippen molar-refractivity contribution in [1.82, 2.24) is 4.98 Å². The van der Waals surface area contributed by atoms with Gasteiger partial charge in [0.15, 0.2) is 5.69 Å². The van der Waals surface area contributed by atoms with Crippen molar-refractivity contribution >= 4 is 37.5 Å². The lowest BCUT2D eigenvalue weighted by Crippen LogP contribution is -2.02. The molecule has 1 aromatic rings. The average molecular weight is 317 g/mol. The second-order valence-electron chi connectivity index (χ2n) is 2.43. The van der Waals surface area contributed by atoms with Gasteiger partial charge in [0.05, 0.1) is 5.69 Å². The lowest BCUT2D eigenvalue weighted by molar-refractivity contribution is 1.19. The SMILES string of the molecule is C=CCNc1c(Br)cc(Br)nc1C#N. The average Bonchev–Trinajstić information content (AvgIpc) is 2.15. The van der Waals surface area contributed by atoms with E-state index in [-0.39, 0.29) is 0 Å². The van der Waals surface area contributed by atoms with E-state index in [2.05, 4.69) is 48.7 Å². The first-order valence-corrected chi connectivity index (χ1v) is 5.38. The zero-order valence-electron chi connectivity index (χ0n) is 7.22. The monoisotopic (exact) mass is 315 g/mol. The number of nitriles is 1. The molecule has 0 aliphatic heterocycles. The molecule has 0 aromatic carbocycles. The fourth-order valence-corrected chi connectivity index (χ4v) is 2.17. The molecule has 0 aliphatic carbocycles. The molecule has 0 radical (unpaired) electrons. The van der Waals surface area contributed by atoms with Crippen molar-refractivity contribution < 1.29 is 0 Å². The molecule has 0 fully saturated rings. The Morgan fingerprint density at radius 2 is 2.36 bits per heavy atom. The highest BCUT2D eigenvalue weighted by molar-refractivity contribution is 9.11. The van der Waals surface area contributed by atoms with Crippen molar-refractivity contribution in [3.8, 4) is 6.07 Å². The highest BCUT2D eigenvalue weighted by Crippen LogP contribution is 2.27. The van der Waals surface area contributed by atoms with Crippen molar-refractivity contribution in [1.29, 1.82) is 5.26 Å². The number of anilines is 1. The molecule has 72 valence electrons. The van der Waals surface area contributed by atoms with Crippen LogP contribution in [0.3, 0.4) is 0 Å². The van der Waals surface area contributed by atoms with Crippen molar-refractivity contribution in [3.63, 3.8) is 0 Å². The molecule has 0 saturated carbocycles. The maximum absolute atomic E-state index is 8.85. The van der Waals surface area contributed by atoms with E-state index in [4.69, 9.17) is 5.26 Å². The number of pyridine rings is 1. The van der Waals surface area contributed by atoms with E-state index in [9.17, 15) is 0 Å². The summed E-state index contributed by atoms with van der Waals surface area (Å²) in [5.41, 5.74) is 1.05. The smallest absolute Gasteiger partial charge is 0.166 e. The summed E-state index contributed by atoms with van der Waals surface area (Å²) >= 11 is 6.57. The summed E-state index contributed by atoms with van der Waals surface area (Å²) in [6.45, 7) is 4.18. The van der Waals surface area contributed by atoms with E-state index < -0.39 is 0 Å². The van der Waals surface area contributed by atoms with Crippen molar-refractivity contribution in [2.24, 2.45) is 0 Å². The third-order valence-corrected chi connectivity index (χ3v) is 2.50. The molecule has 0 amide bonds. The molecule has 1 N–H and O–H groups in total. The number of rotatable bonds is 3. The Labute approximate surface area is 99.1 Å². The van der Waals surface area contributed by atoms with Crippen LogP contribution in [0, 0.1) is 11.3 Å². The van der Waals surface area contributed by atoms with Crippen molar-refractivity contribution in [2.75, 3.05) is 11.9 Å². The number of hydrogen-bond donors (Lipinski definition) is 1. The van der Waals surface area contributed by atoms with Crippen LogP contribution in [-0.4, -0.2) is 11.5 Å². The number of nitrogens with one attached hydrogen (secondary N) is 1. The van der Waals surface area contributed by atoms with Gasteiger partial charge in [-0.1, -0.05) is 6.08 Å². The van der Waals surface area contributed by atoms with E-state index in [1.807, 2.05) is 6.07 Å². The van der Waals surface area contributed by atoms with Crippen LogP contribution in [0.1, 0.15) is 5.69 Å². The van der Waals surface area contributed by atoms with Gasteiger partial charge >= 0.3 is 0 Å². The molecule has 0 bridgehead atoms. The molecular formula is C9H7Br2N3. The van der Waals surface area contributed by atoms with Gasteiger partial charge in [0, 0.05) is 11.0 Å². The van der Waals surface area contributed by atoms with Crippen LogP contribution >= 0.6 is 31.9 Å². The van der Waals surface area contributed by atoms with Gasteiger partial charge in [-0.15, -0.1) is 6.58 Å².